The minimum Gasteiger partial charge on any atom is -0.320 e. The molecule has 0 fully saturated rings. The van der Waals surface area contributed by atoms with Gasteiger partial charge in [-0.3, -0.25) is 0 Å². The van der Waals surface area contributed by atoms with Crippen LogP contribution in [-0.2, 0) is 0 Å². The second-order valence-corrected chi connectivity index (χ2v) is 7.44. The van der Waals surface area contributed by atoms with Crippen molar-refractivity contribution >= 4 is 33.9 Å². The molecule has 0 aliphatic rings. The molecule has 2 atom stereocenters. The summed E-state index contributed by atoms with van der Waals surface area (Å²) in [5, 5.41) is 2.15. The highest BCUT2D eigenvalue weighted by atomic mass is 127. The molecule has 1 heterocycles. The third-order valence-electron chi connectivity index (χ3n) is 3.42. The number of benzene rings is 1. The molecule has 0 saturated heterocycles. The monoisotopic (exact) mass is 371 g/mol. The van der Waals surface area contributed by atoms with E-state index in [-0.39, 0.29) is 6.04 Å². The second kappa shape index (κ2) is 6.17. The Hall–Kier alpha value is -0.390. The van der Waals surface area contributed by atoms with Gasteiger partial charge in [-0.25, -0.2) is 0 Å². The van der Waals surface area contributed by atoms with Crippen LogP contribution in [0.25, 0.3) is 0 Å². The van der Waals surface area contributed by atoms with Crippen molar-refractivity contribution in [1.29, 1.82) is 0 Å². The first kappa shape index (κ1) is 14.0. The summed E-state index contributed by atoms with van der Waals surface area (Å²) in [4.78, 5) is 0. The first-order valence-electron chi connectivity index (χ1n) is 6.21. The molecule has 2 rings (SSSR count). The van der Waals surface area contributed by atoms with Gasteiger partial charge in [0, 0.05) is 0 Å². The van der Waals surface area contributed by atoms with E-state index in [0.717, 1.165) is 0 Å². The maximum absolute atomic E-state index is 6.29. The number of halogens is 1. The lowest BCUT2D eigenvalue weighted by atomic mass is 9.95. The van der Waals surface area contributed by atoms with Crippen molar-refractivity contribution < 1.29 is 0 Å². The summed E-state index contributed by atoms with van der Waals surface area (Å²) in [6.45, 7) is 4.48. The summed E-state index contributed by atoms with van der Waals surface area (Å²) >= 11 is 4.08. The molecule has 0 saturated carbocycles. The van der Waals surface area contributed by atoms with Gasteiger partial charge in [-0.1, -0.05) is 38.1 Å². The molecule has 0 radical (unpaired) electrons. The molecule has 1 aromatic heterocycles. The fraction of sp³-hybridized carbons (Fsp3) is 0.333. The van der Waals surface area contributed by atoms with E-state index < -0.39 is 0 Å². The van der Waals surface area contributed by atoms with Crippen LogP contribution in [0.3, 0.4) is 0 Å². The summed E-state index contributed by atoms with van der Waals surface area (Å²) in [7, 11) is 0. The van der Waals surface area contributed by atoms with Crippen LogP contribution in [0.5, 0.6) is 0 Å². The number of nitrogens with two attached hydrogens (primary N) is 1. The smallest absolute Gasteiger partial charge is 0.0656 e. The predicted octanol–water partition coefficient (Wildman–Crippen LogP) is 4.91. The molecule has 18 heavy (non-hydrogen) atoms. The molecule has 2 N–H and O–H groups in total. The SMILES string of the molecule is CCC(C)c1ccc(C(N)c2csc(I)c2)cc1. The number of thiophene rings is 1. The van der Waals surface area contributed by atoms with Crippen molar-refractivity contribution in [2.45, 2.75) is 32.2 Å². The highest BCUT2D eigenvalue weighted by molar-refractivity contribution is 14.1. The molecule has 0 spiro atoms. The Balaban J connectivity index is 2.19. The van der Waals surface area contributed by atoms with Crippen LogP contribution in [0.2, 0.25) is 0 Å². The van der Waals surface area contributed by atoms with Gasteiger partial charge in [0.1, 0.15) is 0 Å². The molecule has 2 unspecified atom stereocenters. The Morgan fingerprint density at radius 1 is 1.17 bits per heavy atom. The Labute approximate surface area is 127 Å². The van der Waals surface area contributed by atoms with Gasteiger partial charge in [-0.05, 0) is 63.1 Å². The second-order valence-electron chi connectivity index (χ2n) is 4.64. The van der Waals surface area contributed by atoms with E-state index in [0.29, 0.717) is 5.92 Å². The highest BCUT2D eigenvalue weighted by Gasteiger charge is 2.11. The van der Waals surface area contributed by atoms with Gasteiger partial charge in [-0.2, -0.15) is 0 Å². The third kappa shape index (κ3) is 3.13. The van der Waals surface area contributed by atoms with Gasteiger partial charge < -0.3 is 5.73 Å². The normalized spacial score (nSPS) is 14.4. The summed E-state index contributed by atoms with van der Waals surface area (Å²) < 4.78 is 1.29. The standard InChI is InChI=1S/C15H18INS/c1-3-10(2)11-4-6-12(7-5-11)15(17)13-8-14(16)18-9-13/h4-10,15H,3,17H2,1-2H3. The van der Waals surface area contributed by atoms with Gasteiger partial charge in [0.05, 0.1) is 8.93 Å². The van der Waals surface area contributed by atoms with Gasteiger partial charge in [0.15, 0.2) is 0 Å². The molecule has 0 amide bonds. The zero-order valence-corrected chi connectivity index (χ0v) is 13.7. The zero-order valence-electron chi connectivity index (χ0n) is 10.7. The molecule has 1 nitrogen and oxygen atoms in total. The average Bonchev–Trinajstić information content (AvgIpc) is 2.84. The van der Waals surface area contributed by atoms with Crippen molar-refractivity contribution in [3.8, 4) is 0 Å². The highest BCUT2D eigenvalue weighted by Crippen LogP contribution is 2.27. The molecular formula is C15H18INS. The first-order valence-corrected chi connectivity index (χ1v) is 8.17. The molecule has 0 bridgehead atoms. The van der Waals surface area contributed by atoms with E-state index in [9.17, 15) is 0 Å². The van der Waals surface area contributed by atoms with E-state index >= 15 is 0 Å². The predicted molar refractivity (Wildman–Crippen MR) is 88.2 cm³/mol. The minimum atomic E-state index is -0.00394. The fourth-order valence-electron chi connectivity index (χ4n) is 1.95. The number of hydrogen-bond donors (Lipinski definition) is 1. The van der Waals surface area contributed by atoms with Gasteiger partial charge >= 0.3 is 0 Å². The van der Waals surface area contributed by atoms with Gasteiger partial charge in [0.2, 0.25) is 0 Å². The lowest BCUT2D eigenvalue weighted by Gasteiger charge is -2.13. The Morgan fingerprint density at radius 3 is 2.28 bits per heavy atom. The van der Waals surface area contributed by atoms with Crippen LogP contribution in [0, 0.1) is 2.88 Å². The lowest BCUT2D eigenvalue weighted by molar-refractivity contribution is 0.732. The molecular weight excluding hydrogens is 353 g/mol. The van der Waals surface area contributed by atoms with E-state index in [1.54, 1.807) is 11.3 Å². The maximum atomic E-state index is 6.29. The van der Waals surface area contributed by atoms with E-state index in [2.05, 4.69) is 72.2 Å². The minimum absolute atomic E-state index is 0.00394. The van der Waals surface area contributed by atoms with Crippen LogP contribution in [0.15, 0.2) is 35.7 Å². The van der Waals surface area contributed by atoms with Gasteiger partial charge in [0.25, 0.3) is 0 Å². The van der Waals surface area contributed by atoms with Crippen LogP contribution in [-0.4, -0.2) is 0 Å². The van der Waals surface area contributed by atoms with Crippen molar-refractivity contribution in [3.63, 3.8) is 0 Å². The Bertz CT molecular complexity index is 503. The average molecular weight is 371 g/mol. The molecule has 2 aromatic rings. The number of rotatable bonds is 4. The largest absolute Gasteiger partial charge is 0.320 e. The fourth-order valence-corrected chi connectivity index (χ4v) is 3.35. The lowest BCUT2D eigenvalue weighted by Crippen LogP contribution is -2.10. The summed E-state index contributed by atoms with van der Waals surface area (Å²) in [5.41, 5.74) is 10.1. The molecule has 1 aromatic carbocycles. The van der Waals surface area contributed by atoms with Crippen molar-refractivity contribution in [2.24, 2.45) is 5.73 Å². The molecule has 0 aliphatic carbocycles. The Kier molecular flexibility index (Phi) is 4.81. The maximum Gasteiger partial charge on any atom is 0.0656 e. The topological polar surface area (TPSA) is 26.0 Å². The molecule has 0 aliphatic heterocycles. The van der Waals surface area contributed by atoms with E-state index in [1.165, 1.54) is 26.0 Å². The molecule has 3 heteroatoms. The summed E-state index contributed by atoms with van der Waals surface area (Å²) in [5.74, 6) is 0.623. The zero-order chi connectivity index (χ0) is 13.1. The summed E-state index contributed by atoms with van der Waals surface area (Å²) in [6.07, 6.45) is 1.17. The van der Waals surface area contributed by atoms with Gasteiger partial charge in [-0.15, -0.1) is 11.3 Å². The Morgan fingerprint density at radius 2 is 1.78 bits per heavy atom. The van der Waals surface area contributed by atoms with Crippen LogP contribution in [0.1, 0.15) is 48.9 Å². The molecule has 96 valence electrons. The van der Waals surface area contributed by atoms with Crippen LogP contribution < -0.4 is 5.73 Å². The third-order valence-corrected chi connectivity index (χ3v) is 5.23. The van der Waals surface area contributed by atoms with Crippen molar-refractivity contribution in [2.75, 3.05) is 0 Å². The number of hydrogen-bond acceptors (Lipinski definition) is 2. The first-order chi connectivity index (χ1) is 8.61. The van der Waals surface area contributed by atoms with E-state index in [4.69, 9.17) is 5.73 Å². The summed E-state index contributed by atoms with van der Waals surface area (Å²) in [6, 6.07) is 10.9. The van der Waals surface area contributed by atoms with Crippen molar-refractivity contribution in [1.82, 2.24) is 0 Å². The van der Waals surface area contributed by atoms with Crippen LogP contribution >= 0.6 is 33.9 Å². The van der Waals surface area contributed by atoms with E-state index in [1.807, 2.05) is 0 Å². The van der Waals surface area contributed by atoms with Crippen LogP contribution in [0.4, 0.5) is 0 Å². The van der Waals surface area contributed by atoms with Crippen molar-refractivity contribution in [3.05, 3.63) is 55.3 Å². The quantitative estimate of drug-likeness (QED) is 0.759.